The number of carbonyl (C=O) groups is 2. The molecule has 0 saturated carbocycles. The van der Waals surface area contributed by atoms with Crippen LogP contribution in [-0.2, 0) is 4.79 Å². The summed E-state index contributed by atoms with van der Waals surface area (Å²) in [5, 5.41) is 13.8. The van der Waals surface area contributed by atoms with Crippen molar-refractivity contribution in [2.45, 2.75) is 19.9 Å². The lowest BCUT2D eigenvalue weighted by Crippen LogP contribution is -2.36. The minimum absolute atomic E-state index is 0.199. The first-order valence-corrected chi connectivity index (χ1v) is 6.01. The minimum Gasteiger partial charge on any atom is -0.368 e. The second-order valence-corrected chi connectivity index (χ2v) is 4.64. The molecule has 0 saturated heterocycles. The fourth-order valence-corrected chi connectivity index (χ4v) is 1.71. The van der Waals surface area contributed by atoms with Gasteiger partial charge >= 0.3 is 0 Å². The van der Waals surface area contributed by atoms with Crippen LogP contribution in [0, 0.1) is 10.1 Å². The quantitative estimate of drug-likeness (QED) is 0.503. The predicted octanol–water partition coefficient (Wildman–Crippen LogP) is 1.69. The van der Waals surface area contributed by atoms with Gasteiger partial charge in [-0.3, -0.25) is 19.7 Å². The third-order valence-electron chi connectivity index (χ3n) is 2.78. The number of hydrogen-bond donors (Lipinski definition) is 1. The van der Waals surface area contributed by atoms with Crippen LogP contribution in [0.5, 0.6) is 0 Å². The molecule has 0 spiro atoms. The van der Waals surface area contributed by atoms with E-state index in [2.05, 4.69) is 5.32 Å². The Kier molecular flexibility index (Phi) is 4.79. The van der Waals surface area contributed by atoms with E-state index in [-0.39, 0.29) is 28.6 Å². The van der Waals surface area contributed by atoms with Crippen LogP contribution in [0.3, 0.4) is 0 Å². The Morgan fingerprint density at radius 2 is 1.95 bits per heavy atom. The van der Waals surface area contributed by atoms with Crippen molar-refractivity contribution in [2.75, 3.05) is 19.4 Å². The molecule has 0 aliphatic rings. The van der Waals surface area contributed by atoms with Gasteiger partial charge in [0.05, 0.1) is 4.92 Å². The average Bonchev–Trinajstić information content (AvgIpc) is 2.37. The van der Waals surface area contributed by atoms with Crippen LogP contribution in [0.1, 0.15) is 24.2 Å². The van der Waals surface area contributed by atoms with Crippen molar-refractivity contribution in [2.24, 2.45) is 0 Å². The van der Waals surface area contributed by atoms with E-state index < -0.39 is 11.0 Å². The van der Waals surface area contributed by atoms with E-state index in [1.165, 1.54) is 30.0 Å². The summed E-state index contributed by atoms with van der Waals surface area (Å²) in [6.07, 6.45) is 0. The smallest absolute Gasteiger partial charge is 0.293 e. The maximum absolute atomic E-state index is 11.7. The van der Waals surface area contributed by atoms with E-state index in [9.17, 15) is 19.7 Å². The van der Waals surface area contributed by atoms with Gasteiger partial charge in [0.25, 0.3) is 5.69 Å². The molecule has 0 unspecified atom stereocenters. The molecule has 0 aromatic heterocycles. The monoisotopic (exact) mass is 279 g/mol. The number of anilines is 1. The van der Waals surface area contributed by atoms with E-state index >= 15 is 0 Å². The van der Waals surface area contributed by atoms with Crippen LogP contribution in [0.15, 0.2) is 18.2 Å². The van der Waals surface area contributed by atoms with E-state index in [0.29, 0.717) is 0 Å². The number of nitro benzene ring substituents is 1. The molecule has 1 N–H and O–H groups in total. The molecule has 1 atom stereocenters. The summed E-state index contributed by atoms with van der Waals surface area (Å²) in [4.78, 5) is 34.8. The highest BCUT2D eigenvalue weighted by Gasteiger charge is 2.21. The molecule has 7 heteroatoms. The Morgan fingerprint density at radius 3 is 2.40 bits per heavy atom. The van der Waals surface area contributed by atoms with Gasteiger partial charge in [0.1, 0.15) is 11.7 Å². The standard InChI is InChI=1S/C13H17N3O4/c1-8(13(18)15(3)4)14-11-6-5-10(9(2)17)7-12(11)16(19)20/h5-8,14H,1-4H3/t8-/m0/s1. The summed E-state index contributed by atoms with van der Waals surface area (Å²) in [6, 6.07) is 3.53. The molecule has 0 fully saturated rings. The molecule has 1 aromatic carbocycles. The highest BCUT2D eigenvalue weighted by atomic mass is 16.6. The number of nitrogens with zero attached hydrogens (tertiary/aromatic N) is 2. The number of amides is 1. The number of rotatable bonds is 5. The lowest BCUT2D eigenvalue weighted by atomic mass is 10.1. The average molecular weight is 279 g/mol. The van der Waals surface area contributed by atoms with Crippen LogP contribution in [-0.4, -0.2) is 41.7 Å². The van der Waals surface area contributed by atoms with E-state index in [4.69, 9.17) is 0 Å². The number of ketones is 1. The molecule has 1 aromatic rings. The van der Waals surface area contributed by atoms with E-state index in [1.54, 1.807) is 21.0 Å². The largest absolute Gasteiger partial charge is 0.368 e. The van der Waals surface area contributed by atoms with E-state index in [0.717, 1.165) is 0 Å². The molecular weight excluding hydrogens is 262 g/mol. The minimum atomic E-state index is -0.605. The third-order valence-corrected chi connectivity index (χ3v) is 2.78. The lowest BCUT2D eigenvalue weighted by Gasteiger charge is -2.19. The number of likely N-dealkylation sites (N-methyl/N-ethyl adjacent to an activating group) is 1. The van der Waals surface area contributed by atoms with Crippen molar-refractivity contribution in [3.8, 4) is 0 Å². The van der Waals surface area contributed by atoms with Gasteiger partial charge in [-0.05, 0) is 26.0 Å². The second-order valence-electron chi connectivity index (χ2n) is 4.64. The molecule has 0 aliphatic carbocycles. The Morgan fingerprint density at radius 1 is 1.35 bits per heavy atom. The van der Waals surface area contributed by atoms with Crippen LogP contribution in [0.2, 0.25) is 0 Å². The molecule has 0 radical (unpaired) electrons. The van der Waals surface area contributed by atoms with Crippen LogP contribution in [0.25, 0.3) is 0 Å². The second kappa shape index (κ2) is 6.14. The molecular formula is C13H17N3O4. The number of Topliss-reactive ketones (excluding diaryl/α,β-unsaturated/α-hetero) is 1. The molecule has 1 amide bonds. The first kappa shape index (κ1) is 15.6. The van der Waals surface area contributed by atoms with Crippen LogP contribution >= 0.6 is 0 Å². The van der Waals surface area contributed by atoms with Crippen molar-refractivity contribution >= 4 is 23.1 Å². The first-order valence-electron chi connectivity index (χ1n) is 6.01. The molecule has 0 heterocycles. The summed E-state index contributed by atoms with van der Waals surface area (Å²) in [6.45, 7) is 2.95. The zero-order valence-corrected chi connectivity index (χ0v) is 11.8. The first-order chi connectivity index (χ1) is 9.23. The van der Waals surface area contributed by atoms with Gasteiger partial charge in [-0.25, -0.2) is 0 Å². The molecule has 0 aliphatic heterocycles. The summed E-state index contributed by atoms with van der Waals surface area (Å²) in [5.74, 6) is -0.452. The lowest BCUT2D eigenvalue weighted by molar-refractivity contribution is -0.384. The van der Waals surface area contributed by atoms with Gasteiger partial charge in [0, 0.05) is 25.7 Å². The Bertz CT molecular complexity index is 555. The van der Waals surface area contributed by atoms with Gasteiger partial charge in [-0.1, -0.05) is 0 Å². The van der Waals surface area contributed by atoms with Crippen molar-refractivity contribution in [3.05, 3.63) is 33.9 Å². The number of carbonyl (C=O) groups excluding carboxylic acids is 2. The van der Waals surface area contributed by atoms with Crippen LogP contribution < -0.4 is 5.32 Å². The normalized spacial score (nSPS) is 11.6. The van der Waals surface area contributed by atoms with Gasteiger partial charge < -0.3 is 10.2 Å². The molecule has 108 valence electrons. The maximum atomic E-state index is 11.7. The topological polar surface area (TPSA) is 92.6 Å². The highest BCUT2D eigenvalue weighted by molar-refractivity contribution is 5.95. The van der Waals surface area contributed by atoms with Crippen molar-refractivity contribution in [3.63, 3.8) is 0 Å². The van der Waals surface area contributed by atoms with E-state index in [1.807, 2.05) is 0 Å². The Labute approximate surface area is 116 Å². The predicted molar refractivity (Wildman–Crippen MR) is 74.9 cm³/mol. The zero-order valence-electron chi connectivity index (χ0n) is 11.8. The SMILES string of the molecule is CC(=O)c1ccc(N[C@@H](C)C(=O)N(C)C)c([N+](=O)[O-])c1. The summed E-state index contributed by atoms with van der Waals surface area (Å²) < 4.78 is 0. The van der Waals surface area contributed by atoms with Crippen LogP contribution in [0.4, 0.5) is 11.4 Å². The Balaban J connectivity index is 3.09. The number of nitrogens with one attached hydrogen (secondary N) is 1. The summed E-state index contributed by atoms with van der Waals surface area (Å²) in [7, 11) is 3.21. The number of hydrogen-bond acceptors (Lipinski definition) is 5. The number of nitro groups is 1. The number of benzene rings is 1. The van der Waals surface area contributed by atoms with Crippen molar-refractivity contribution in [1.82, 2.24) is 4.90 Å². The molecule has 20 heavy (non-hydrogen) atoms. The van der Waals surface area contributed by atoms with Crippen molar-refractivity contribution < 1.29 is 14.5 Å². The van der Waals surface area contributed by atoms with Gasteiger partial charge in [0.2, 0.25) is 5.91 Å². The van der Waals surface area contributed by atoms with Crippen molar-refractivity contribution in [1.29, 1.82) is 0 Å². The fraction of sp³-hybridized carbons (Fsp3) is 0.385. The Hall–Kier alpha value is -2.44. The highest BCUT2D eigenvalue weighted by Crippen LogP contribution is 2.26. The summed E-state index contributed by atoms with van der Waals surface area (Å²) >= 11 is 0. The van der Waals surface area contributed by atoms with Gasteiger partial charge in [-0.2, -0.15) is 0 Å². The van der Waals surface area contributed by atoms with Gasteiger partial charge in [-0.15, -0.1) is 0 Å². The summed E-state index contributed by atoms with van der Waals surface area (Å²) in [5.41, 5.74) is 0.243. The fourth-order valence-electron chi connectivity index (χ4n) is 1.71. The zero-order chi connectivity index (χ0) is 15.4. The molecule has 1 rings (SSSR count). The molecule has 0 bridgehead atoms. The molecule has 7 nitrogen and oxygen atoms in total. The third kappa shape index (κ3) is 3.53. The maximum Gasteiger partial charge on any atom is 0.293 e. The van der Waals surface area contributed by atoms with Gasteiger partial charge in [0.15, 0.2) is 5.78 Å².